The zero-order chi connectivity index (χ0) is 24.0. The van der Waals surface area contributed by atoms with E-state index in [0.29, 0.717) is 61.8 Å². The second-order valence-electron chi connectivity index (χ2n) is 8.31. The molecule has 4 rings (SSSR count). The number of anilines is 1. The number of para-hydroxylation sites is 1. The van der Waals surface area contributed by atoms with Crippen LogP contribution in [0.4, 0.5) is 5.69 Å². The molecule has 34 heavy (non-hydrogen) atoms. The molecule has 2 aromatic carbocycles. The first-order valence-corrected chi connectivity index (χ1v) is 13.0. The lowest BCUT2D eigenvalue weighted by Gasteiger charge is -2.26. The molecule has 2 aliphatic rings. The highest BCUT2D eigenvalue weighted by molar-refractivity contribution is 7.88. The van der Waals surface area contributed by atoms with Gasteiger partial charge in [-0.15, -0.1) is 0 Å². The van der Waals surface area contributed by atoms with Crippen molar-refractivity contribution in [2.24, 2.45) is 0 Å². The van der Waals surface area contributed by atoms with E-state index >= 15 is 0 Å². The first kappa shape index (κ1) is 24.3. The molecule has 2 fully saturated rings. The molecule has 1 atom stereocenters. The van der Waals surface area contributed by atoms with Crippen molar-refractivity contribution in [1.29, 1.82) is 0 Å². The summed E-state index contributed by atoms with van der Waals surface area (Å²) >= 11 is 0. The van der Waals surface area contributed by atoms with Gasteiger partial charge in [-0.3, -0.25) is 9.59 Å². The lowest BCUT2D eigenvalue weighted by molar-refractivity contribution is 0.0729. The molecule has 0 radical (unpaired) electrons. The summed E-state index contributed by atoms with van der Waals surface area (Å²) in [4.78, 5) is 25.5. The lowest BCUT2D eigenvalue weighted by Crippen LogP contribution is -2.41. The zero-order valence-electron chi connectivity index (χ0n) is 18.9. The number of ether oxygens (including phenoxy) is 2. The van der Waals surface area contributed by atoms with Gasteiger partial charge in [0.15, 0.2) is 0 Å². The fourth-order valence-electron chi connectivity index (χ4n) is 3.97. The smallest absolute Gasteiger partial charge is 0.255 e. The quantitative estimate of drug-likeness (QED) is 0.589. The third-order valence-electron chi connectivity index (χ3n) is 5.86. The summed E-state index contributed by atoms with van der Waals surface area (Å²) in [6.45, 7) is 2.63. The van der Waals surface area contributed by atoms with E-state index in [9.17, 15) is 18.0 Å². The van der Waals surface area contributed by atoms with Crippen LogP contribution in [-0.2, 0) is 25.2 Å². The Hall–Kier alpha value is -2.79. The van der Waals surface area contributed by atoms with E-state index in [-0.39, 0.29) is 23.7 Å². The highest BCUT2D eigenvalue weighted by Crippen LogP contribution is 2.18. The van der Waals surface area contributed by atoms with E-state index in [1.54, 1.807) is 48.5 Å². The van der Waals surface area contributed by atoms with Gasteiger partial charge in [0.1, 0.15) is 0 Å². The molecule has 2 aliphatic heterocycles. The molecule has 0 bridgehead atoms. The predicted molar refractivity (Wildman–Crippen MR) is 127 cm³/mol. The topological polar surface area (TPSA) is 114 Å². The Balaban J connectivity index is 1.37. The largest absolute Gasteiger partial charge is 0.379 e. The number of amides is 2. The van der Waals surface area contributed by atoms with Gasteiger partial charge in [0.2, 0.25) is 10.0 Å². The van der Waals surface area contributed by atoms with E-state index in [1.165, 1.54) is 4.31 Å². The SMILES string of the molecule is O=C(Nc1ccccc1C(=O)NCC1CCCO1)c1ccc(CS(=O)(=O)N2CCOCC2)cc1. The predicted octanol–water partition coefficient (Wildman–Crippen LogP) is 2.01. The number of sulfonamides is 1. The molecule has 2 heterocycles. The molecule has 0 aromatic heterocycles. The standard InChI is InChI=1S/C24H29N3O6S/c28-23(19-9-7-18(8-10-19)17-34(30,31)27-11-14-32-15-12-27)26-22-6-2-1-5-21(22)24(29)25-16-20-4-3-13-33-20/h1-2,5-10,20H,3-4,11-17H2,(H,25,29)(H,26,28). The molecule has 9 nitrogen and oxygen atoms in total. The maximum Gasteiger partial charge on any atom is 0.255 e. The average Bonchev–Trinajstić information content (AvgIpc) is 3.37. The Morgan fingerprint density at radius 1 is 0.971 bits per heavy atom. The van der Waals surface area contributed by atoms with Crippen molar-refractivity contribution in [2.75, 3.05) is 44.8 Å². The van der Waals surface area contributed by atoms with Crippen molar-refractivity contribution < 1.29 is 27.5 Å². The van der Waals surface area contributed by atoms with Crippen LogP contribution in [0.2, 0.25) is 0 Å². The second kappa shape index (κ2) is 11.1. The first-order chi connectivity index (χ1) is 16.4. The van der Waals surface area contributed by atoms with Gasteiger partial charge in [-0.2, -0.15) is 4.31 Å². The van der Waals surface area contributed by atoms with Crippen molar-refractivity contribution in [3.8, 4) is 0 Å². The van der Waals surface area contributed by atoms with Gasteiger partial charge in [0, 0.05) is 31.8 Å². The summed E-state index contributed by atoms with van der Waals surface area (Å²) < 4.78 is 37.4. The second-order valence-corrected chi connectivity index (χ2v) is 10.3. The Morgan fingerprint density at radius 2 is 1.71 bits per heavy atom. The molecule has 2 saturated heterocycles. The number of hydrogen-bond donors (Lipinski definition) is 2. The normalized spacial score (nSPS) is 19.0. The van der Waals surface area contributed by atoms with Gasteiger partial charge in [-0.1, -0.05) is 24.3 Å². The molecular weight excluding hydrogens is 458 g/mol. The first-order valence-electron chi connectivity index (χ1n) is 11.4. The maximum atomic E-state index is 12.8. The third-order valence-corrected chi connectivity index (χ3v) is 7.71. The number of morpholine rings is 1. The minimum Gasteiger partial charge on any atom is -0.379 e. The van der Waals surface area contributed by atoms with Crippen LogP contribution in [0.25, 0.3) is 0 Å². The van der Waals surface area contributed by atoms with Crippen LogP contribution in [0.3, 0.4) is 0 Å². The Bertz CT molecular complexity index is 1110. The van der Waals surface area contributed by atoms with Gasteiger partial charge in [-0.05, 0) is 42.7 Å². The van der Waals surface area contributed by atoms with Crippen LogP contribution >= 0.6 is 0 Å². The molecule has 0 saturated carbocycles. The van der Waals surface area contributed by atoms with Gasteiger partial charge >= 0.3 is 0 Å². The van der Waals surface area contributed by atoms with Gasteiger partial charge in [0.25, 0.3) is 11.8 Å². The highest BCUT2D eigenvalue weighted by atomic mass is 32.2. The van der Waals surface area contributed by atoms with E-state index in [4.69, 9.17) is 9.47 Å². The lowest BCUT2D eigenvalue weighted by atomic mass is 10.1. The summed E-state index contributed by atoms with van der Waals surface area (Å²) in [7, 11) is -3.45. The molecule has 2 amide bonds. The number of carbonyl (C=O) groups excluding carboxylic acids is 2. The molecule has 0 aliphatic carbocycles. The van der Waals surface area contributed by atoms with Gasteiger partial charge in [0.05, 0.1) is 36.3 Å². The van der Waals surface area contributed by atoms with Crippen LogP contribution in [0, 0.1) is 0 Å². The number of hydrogen-bond acceptors (Lipinski definition) is 6. The van der Waals surface area contributed by atoms with Crippen molar-refractivity contribution in [3.63, 3.8) is 0 Å². The van der Waals surface area contributed by atoms with E-state index in [1.807, 2.05) is 0 Å². The van der Waals surface area contributed by atoms with E-state index in [2.05, 4.69) is 10.6 Å². The van der Waals surface area contributed by atoms with Crippen molar-refractivity contribution in [1.82, 2.24) is 9.62 Å². The number of benzene rings is 2. The fourth-order valence-corrected chi connectivity index (χ4v) is 5.47. The molecule has 10 heteroatoms. The number of nitrogens with zero attached hydrogens (tertiary/aromatic N) is 1. The Kier molecular flexibility index (Phi) is 7.94. The number of nitrogens with one attached hydrogen (secondary N) is 2. The summed E-state index contributed by atoms with van der Waals surface area (Å²) in [6.07, 6.45) is 1.93. The van der Waals surface area contributed by atoms with Crippen LogP contribution < -0.4 is 10.6 Å². The summed E-state index contributed by atoms with van der Waals surface area (Å²) in [5.41, 5.74) is 1.72. The van der Waals surface area contributed by atoms with Crippen molar-refractivity contribution >= 4 is 27.5 Å². The number of carbonyl (C=O) groups is 2. The molecular formula is C24H29N3O6S. The van der Waals surface area contributed by atoms with Gasteiger partial charge < -0.3 is 20.1 Å². The zero-order valence-corrected chi connectivity index (χ0v) is 19.7. The Morgan fingerprint density at radius 3 is 2.41 bits per heavy atom. The average molecular weight is 488 g/mol. The molecule has 0 spiro atoms. The van der Waals surface area contributed by atoms with Crippen molar-refractivity contribution in [3.05, 3.63) is 65.2 Å². The fraction of sp³-hybridized carbons (Fsp3) is 0.417. The van der Waals surface area contributed by atoms with Crippen LogP contribution in [0.1, 0.15) is 39.1 Å². The summed E-state index contributed by atoms with van der Waals surface area (Å²) in [5, 5.41) is 5.65. The third kappa shape index (κ3) is 6.20. The maximum absolute atomic E-state index is 12.8. The van der Waals surface area contributed by atoms with E-state index < -0.39 is 10.0 Å². The van der Waals surface area contributed by atoms with Gasteiger partial charge in [-0.25, -0.2) is 8.42 Å². The minimum absolute atomic E-state index is 0.0243. The molecule has 1 unspecified atom stereocenters. The van der Waals surface area contributed by atoms with Crippen LogP contribution in [0.5, 0.6) is 0 Å². The molecule has 182 valence electrons. The van der Waals surface area contributed by atoms with Crippen LogP contribution in [-0.4, -0.2) is 70.1 Å². The monoisotopic (exact) mass is 487 g/mol. The molecule has 2 N–H and O–H groups in total. The minimum atomic E-state index is -3.45. The summed E-state index contributed by atoms with van der Waals surface area (Å²) in [5.74, 6) is -0.806. The van der Waals surface area contributed by atoms with Crippen LogP contribution in [0.15, 0.2) is 48.5 Å². The van der Waals surface area contributed by atoms with E-state index in [0.717, 1.165) is 12.8 Å². The molecule has 2 aromatic rings. The Labute approximate surface area is 199 Å². The number of rotatable bonds is 8. The highest BCUT2D eigenvalue weighted by Gasteiger charge is 2.24. The summed E-state index contributed by atoms with van der Waals surface area (Å²) in [6, 6.07) is 13.2. The van der Waals surface area contributed by atoms with Crippen molar-refractivity contribution in [2.45, 2.75) is 24.7 Å².